The number of carbonyl (C=O) groups excluding carboxylic acids is 1. The second kappa shape index (κ2) is 6.05. The second-order valence-corrected chi connectivity index (χ2v) is 3.75. The van der Waals surface area contributed by atoms with Crippen LogP contribution < -0.4 is 5.32 Å². The van der Waals surface area contributed by atoms with Crippen LogP contribution in [0.25, 0.3) is 6.08 Å². The van der Waals surface area contributed by atoms with E-state index in [0.717, 1.165) is 6.07 Å². The molecule has 1 amide bonds. The Morgan fingerprint density at radius 1 is 1.47 bits per heavy atom. The van der Waals surface area contributed by atoms with E-state index < -0.39 is 11.7 Å². The van der Waals surface area contributed by atoms with Gasteiger partial charge in [-0.05, 0) is 17.7 Å². The highest BCUT2D eigenvalue weighted by molar-refractivity contribution is 5.73. The third-order valence-electron chi connectivity index (χ3n) is 2.25. The molecule has 3 nitrogen and oxygen atoms in total. The Balaban J connectivity index is 3.01. The number of halogens is 3. The normalized spacial score (nSPS) is 11.3. The van der Waals surface area contributed by atoms with Gasteiger partial charge in [0, 0.05) is 13.5 Å². The molecule has 0 unspecified atom stereocenters. The molecule has 0 saturated carbocycles. The highest BCUT2D eigenvalue weighted by Crippen LogP contribution is 2.33. The Kier molecular flexibility index (Phi) is 4.70. The van der Waals surface area contributed by atoms with Gasteiger partial charge in [0.25, 0.3) is 0 Å². The highest BCUT2D eigenvalue weighted by atomic mass is 19.4. The van der Waals surface area contributed by atoms with Crippen molar-refractivity contribution >= 4 is 12.0 Å². The number of carbonyl (C=O) groups is 1. The van der Waals surface area contributed by atoms with Gasteiger partial charge in [-0.2, -0.15) is 18.4 Å². The number of alkyl halides is 3. The number of benzene rings is 1. The lowest BCUT2D eigenvalue weighted by atomic mass is 10.0. The molecule has 0 saturated heterocycles. The molecular weight excluding hydrogens is 257 g/mol. The lowest BCUT2D eigenvalue weighted by Gasteiger charge is -2.10. The molecule has 0 atom stereocenters. The summed E-state index contributed by atoms with van der Waals surface area (Å²) in [5.74, 6) is -0.263. The van der Waals surface area contributed by atoms with Crippen LogP contribution in [0.4, 0.5) is 13.2 Å². The van der Waals surface area contributed by atoms with Crippen molar-refractivity contribution in [3.63, 3.8) is 0 Å². The lowest BCUT2D eigenvalue weighted by Crippen LogP contribution is -2.19. The SMILES string of the molecule is CC(=O)NCC=Cc1ccc(C#N)cc1C(F)(F)F. The predicted octanol–water partition coefficient (Wildman–Crippen LogP) is 2.73. The highest BCUT2D eigenvalue weighted by Gasteiger charge is 2.32. The first kappa shape index (κ1) is 14.8. The van der Waals surface area contributed by atoms with Crippen molar-refractivity contribution in [2.45, 2.75) is 13.1 Å². The first-order valence-electron chi connectivity index (χ1n) is 5.37. The Bertz CT molecular complexity index is 542. The topological polar surface area (TPSA) is 52.9 Å². The van der Waals surface area contributed by atoms with Gasteiger partial charge in [0.1, 0.15) is 0 Å². The number of nitrogens with one attached hydrogen (secondary N) is 1. The minimum absolute atomic E-state index is 0.0446. The van der Waals surface area contributed by atoms with Crippen LogP contribution in [0.2, 0.25) is 0 Å². The molecule has 0 aliphatic rings. The molecule has 19 heavy (non-hydrogen) atoms. The van der Waals surface area contributed by atoms with E-state index in [2.05, 4.69) is 5.32 Å². The molecule has 0 radical (unpaired) electrons. The molecule has 1 aromatic rings. The van der Waals surface area contributed by atoms with E-state index in [0.29, 0.717) is 0 Å². The van der Waals surface area contributed by atoms with Gasteiger partial charge in [0.05, 0.1) is 17.2 Å². The zero-order valence-corrected chi connectivity index (χ0v) is 10.1. The summed E-state index contributed by atoms with van der Waals surface area (Å²) in [6.07, 6.45) is -1.85. The fraction of sp³-hybridized carbons (Fsp3) is 0.231. The van der Waals surface area contributed by atoms with E-state index in [1.165, 1.54) is 31.2 Å². The first-order valence-corrected chi connectivity index (χ1v) is 5.37. The number of nitriles is 1. The van der Waals surface area contributed by atoms with Gasteiger partial charge >= 0.3 is 6.18 Å². The fourth-order valence-electron chi connectivity index (χ4n) is 1.41. The summed E-state index contributed by atoms with van der Waals surface area (Å²) >= 11 is 0. The van der Waals surface area contributed by atoms with E-state index in [4.69, 9.17) is 5.26 Å². The fourth-order valence-corrected chi connectivity index (χ4v) is 1.41. The summed E-state index contributed by atoms with van der Waals surface area (Å²) in [4.78, 5) is 10.6. The molecule has 0 fully saturated rings. The smallest absolute Gasteiger partial charge is 0.353 e. The third-order valence-corrected chi connectivity index (χ3v) is 2.25. The molecule has 0 spiro atoms. The molecule has 1 rings (SSSR count). The lowest BCUT2D eigenvalue weighted by molar-refractivity contribution is -0.137. The van der Waals surface area contributed by atoms with Gasteiger partial charge in [-0.1, -0.05) is 18.2 Å². The zero-order valence-electron chi connectivity index (χ0n) is 10.1. The maximum Gasteiger partial charge on any atom is 0.417 e. The van der Waals surface area contributed by atoms with Crippen LogP contribution in [0.5, 0.6) is 0 Å². The molecule has 0 aliphatic heterocycles. The maximum absolute atomic E-state index is 12.8. The average Bonchev–Trinajstić information content (AvgIpc) is 2.33. The van der Waals surface area contributed by atoms with Crippen molar-refractivity contribution in [3.05, 3.63) is 41.0 Å². The number of hydrogen-bond acceptors (Lipinski definition) is 2. The molecule has 0 aliphatic carbocycles. The largest absolute Gasteiger partial charge is 0.417 e. The predicted molar refractivity (Wildman–Crippen MR) is 63.9 cm³/mol. The Morgan fingerprint density at radius 2 is 2.16 bits per heavy atom. The van der Waals surface area contributed by atoms with Crippen LogP contribution in [0.1, 0.15) is 23.6 Å². The molecule has 1 aromatic carbocycles. The quantitative estimate of drug-likeness (QED) is 0.916. The van der Waals surface area contributed by atoms with E-state index in [1.54, 1.807) is 6.07 Å². The van der Waals surface area contributed by atoms with Gasteiger partial charge in [0.2, 0.25) is 5.91 Å². The number of nitrogens with zero attached hydrogens (tertiary/aromatic N) is 1. The van der Waals surface area contributed by atoms with E-state index >= 15 is 0 Å². The monoisotopic (exact) mass is 268 g/mol. The molecule has 0 heterocycles. The van der Waals surface area contributed by atoms with Crippen LogP contribution in [0, 0.1) is 11.3 Å². The van der Waals surface area contributed by atoms with Crippen LogP contribution >= 0.6 is 0 Å². The Morgan fingerprint density at radius 3 is 2.68 bits per heavy atom. The summed E-state index contributed by atoms with van der Waals surface area (Å²) in [6, 6.07) is 5.01. The summed E-state index contributed by atoms with van der Waals surface area (Å²) in [5.41, 5.74) is -0.964. The minimum Gasteiger partial charge on any atom is -0.353 e. The van der Waals surface area contributed by atoms with Gasteiger partial charge in [-0.15, -0.1) is 0 Å². The van der Waals surface area contributed by atoms with E-state index in [-0.39, 0.29) is 23.6 Å². The van der Waals surface area contributed by atoms with Crippen molar-refractivity contribution in [2.75, 3.05) is 6.54 Å². The minimum atomic E-state index is -4.53. The standard InChI is InChI=1S/C13H11F3N2O/c1-9(19)18-6-2-3-11-5-4-10(8-17)7-12(11)13(14,15)16/h2-5,7H,6H2,1H3,(H,18,19). The van der Waals surface area contributed by atoms with Crippen LogP contribution in [0.15, 0.2) is 24.3 Å². The Hall–Kier alpha value is -2.29. The second-order valence-electron chi connectivity index (χ2n) is 3.75. The van der Waals surface area contributed by atoms with Crippen LogP contribution in [-0.4, -0.2) is 12.5 Å². The van der Waals surface area contributed by atoms with Gasteiger partial charge < -0.3 is 5.32 Å². The van der Waals surface area contributed by atoms with Crippen molar-refractivity contribution in [1.82, 2.24) is 5.32 Å². The zero-order chi connectivity index (χ0) is 14.5. The number of hydrogen-bond donors (Lipinski definition) is 1. The molecular formula is C13H11F3N2O. The maximum atomic E-state index is 12.8. The summed E-state index contributed by atoms with van der Waals surface area (Å²) < 4.78 is 38.4. The van der Waals surface area contributed by atoms with Gasteiger partial charge in [0.15, 0.2) is 0 Å². The average molecular weight is 268 g/mol. The van der Waals surface area contributed by atoms with Crippen LogP contribution in [-0.2, 0) is 11.0 Å². The summed E-state index contributed by atoms with van der Waals surface area (Å²) in [5, 5.41) is 11.0. The third kappa shape index (κ3) is 4.47. The van der Waals surface area contributed by atoms with Crippen molar-refractivity contribution in [1.29, 1.82) is 5.26 Å². The molecule has 0 aromatic heterocycles. The van der Waals surface area contributed by atoms with Crippen molar-refractivity contribution < 1.29 is 18.0 Å². The molecule has 1 N–H and O–H groups in total. The molecule has 0 bridgehead atoms. The summed E-state index contributed by atoms with van der Waals surface area (Å²) in [7, 11) is 0. The molecule has 6 heteroatoms. The van der Waals surface area contributed by atoms with Crippen molar-refractivity contribution in [3.8, 4) is 6.07 Å². The van der Waals surface area contributed by atoms with Crippen LogP contribution in [0.3, 0.4) is 0 Å². The Labute approximate surface area is 108 Å². The van der Waals surface area contributed by atoms with Gasteiger partial charge in [-0.25, -0.2) is 0 Å². The number of rotatable bonds is 3. The van der Waals surface area contributed by atoms with Gasteiger partial charge in [-0.3, -0.25) is 4.79 Å². The van der Waals surface area contributed by atoms with E-state index in [1.807, 2.05) is 0 Å². The van der Waals surface area contributed by atoms with E-state index in [9.17, 15) is 18.0 Å². The first-order chi connectivity index (χ1) is 8.84. The van der Waals surface area contributed by atoms with Crippen molar-refractivity contribution in [2.24, 2.45) is 0 Å². The summed E-state index contributed by atoms with van der Waals surface area (Å²) in [6.45, 7) is 1.46. The number of amides is 1. The molecule has 100 valence electrons.